The molecule has 5 heteroatoms. The summed E-state index contributed by atoms with van der Waals surface area (Å²) in [5.74, 6) is 0.841. The van der Waals surface area contributed by atoms with Crippen molar-refractivity contribution in [2.75, 3.05) is 23.8 Å². The molecule has 2 aromatic rings. The molecule has 0 saturated carbocycles. The van der Waals surface area contributed by atoms with E-state index in [4.69, 9.17) is 33.7 Å². The van der Waals surface area contributed by atoms with Crippen molar-refractivity contribution >= 4 is 34.6 Å². The van der Waals surface area contributed by atoms with Gasteiger partial charge in [-0.15, -0.1) is 0 Å². The molecule has 0 aromatic heterocycles. The van der Waals surface area contributed by atoms with Crippen LogP contribution in [0.5, 0.6) is 5.75 Å². The number of anilines is 2. The van der Waals surface area contributed by atoms with Gasteiger partial charge in [0.1, 0.15) is 12.4 Å². The maximum absolute atomic E-state index is 6.24. The average molecular weight is 309 g/mol. The van der Waals surface area contributed by atoms with E-state index in [1.807, 2.05) is 36.4 Å². The van der Waals surface area contributed by atoms with Crippen molar-refractivity contribution in [1.29, 1.82) is 0 Å². The normalized spacial score (nSPS) is 13.8. The average Bonchev–Trinajstić information content (AvgIpc) is 2.43. The number of ether oxygens (including phenoxy) is 1. The Morgan fingerprint density at radius 2 is 1.90 bits per heavy atom. The van der Waals surface area contributed by atoms with Crippen LogP contribution < -0.4 is 15.4 Å². The summed E-state index contributed by atoms with van der Waals surface area (Å²) >= 11 is 12.5. The lowest BCUT2D eigenvalue weighted by molar-refractivity contribution is 0.307. The minimum absolute atomic E-state index is 0.637. The summed E-state index contributed by atoms with van der Waals surface area (Å²) in [7, 11) is 0. The van der Waals surface area contributed by atoms with Crippen LogP contribution in [0.25, 0.3) is 0 Å². The van der Waals surface area contributed by atoms with Crippen molar-refractivity contribution in [2.45, 2.75) is 6.54 Å². The number of nitrogens with zero attached hydrogens (tertiary/aromatic N) is 1. The highest BCUT2D eigenvalue weighted by molar-refractivity contribution is 6.36. The number of hydrogen-bond donors (Lipinski definition) is 1. The van der Waals surface area contributed by atoms with E-state index in [1.165, 1.54) is 0 Å². The number of nitrogens with two attached hydrogens (primary N) is 1. The van der Waals surface area contributed by atoms with Crippen molar-refractivity contribution < 1.29 is 4.74 Å². The Balaban J connectivity index is 1.95. The molecule has 2 aromatic carbocycles. The van der Waals surface area contributed by atoms with Gasteiger partial charge in [-0.2, -0.15) is 0 Å². The molecule has 0 unspecified atom stereocenters. The van der Waals surface area contributed by atoms with Crippen LogP contribution in [-0.4, -0.2) is 13.2 Å². The number of hydrogen-bond acceptors (Lipinski definition) is 3. The molecule has 0 aliphatic carbocycles. The molecule has 1 heterocycles. The Kier molecular flexibility index (Phi) is 3.64. The van der Waals surface area contributed by atoms with E-state index < -0.39 is 0 Å². The zero-order valence-electron chi connectivity index (χ0n) is 10.8. The van der Waals surface area contributed by atoms with Gasteiger partial charge in [0.15, 0.2) is 0 Å². The van der Waals surface area contributed by atoms with Gasteiger partial charge in [0.05, 0.1) is 12.2 Å². The van der Waals surface area contributed by atoms with Crippen molar-refractivity contribution in [2.24, 2.45) is 0 Å². The smallest absolute Gasteiger partial charge is 0.142 e. The van der Waals surface area contributed by atoms with E-state index in [-0.39, 0.29) is 0 Å². The lowest BCUT2D eigenvalue weighted by Gasteiger charge is -2.32. The Morgan fingerprint density at radius 3 is 2.65 bits per heavy atom. The largest absolute Gasteiger partial charge is 0.490 e. The molecule has 1 aliphatic rings. The minimum Gasteiger partial charge on any atom is -0.490 e. The third-order valence-electron chi connectivity index (χ3n) is 3.35. The quantitative estimate of drug-likeness (QED) is 0.853. The fourth-order valence-corrected chi connectivity index (χ4v) is 2.85. The molecule has 0 radical (unpaired) electrons. The van der Waals surface area contributed by atoms with Crippen LogP contribution in [0.2, 0.25) is 10.0 Å². The van der Waals surface area contributed by atoms with Gasteiger partial charge in [-0.05, 0) is 30.3 Å². The maximum atomic E-state index is 6.24. The van der Waals surface area contributed by atoms with Crippen LogP contribution in [0.15, 0.2) is 36.4 Å². The molecular weight excluding hydrogens is 295 g/mol. The Morgan fingerprint density at radius 1 is 1.15 bits per heavy atom. The van der Waals surface area contributed by atoms with E-state index in [9.17, 15) is 0 Å². The molecule has 0 spiro atoms. The van der Waals surface area contributed by atoms with Crippen LogP contribution >= 0.6 is 23.2 Å². The predicted octanol–water partition coefficient (Wildman–Crippen LogP) is 3.97. The summed E-state index contributed by atoms with van der Waals surface area (Å²) in [6, 6.07) is 11.2. The monoisotopic (exact) mass is 308 g/mol. The zero-order valence-corrected chi connectivity index (χ0v) is 12.3. The van der Waals surface area contributed by atoms with E-state index in [1.54, 1.807) is 0 Å². The Bertz CT molecular complexity index is 626. The molecule has 0 fully saturated rings. The molecule has 3 nitrogen and oxygen atoms in total. The van der Waals surface area contributed by atoms with Gasteiger partial charge < -0.3 is 15.4 Å². The molecule has 0 atom stereocenters. The van der Waals surface area contributed by atoms with E-state index >= 15 is 0 Å². The Labute approximate surface area is 127 Å². The molecule has 104 valence electrons. The molecule has 2 N–H and O–H groups in total. The lowest BCUT2D eigenvalue weighted by atomic mass is 10.1. The number of halogens is 2. The summed E-state index contributed by atoms with van der Waals surface area (Å²) in [6.07, 6.45) is 0. The highest BCUT2D eigenvalue weighted by Gasteiger charge is 2.20. The molecule has 0 saturated heterocycles. The van der Waals surface area contributed by atoms with Crippen LogP contribution in [-0.2, 0) is 6.54 Å². The third kappa shape index (κ3) is 2.51. The van der Waals surface area contributed by atoms with Crippen molar-refractivity contribution in [1.82, 2.24) is 0 Å². The first-order chi connectivity index (χ1) is 9.65. The fraction of sp³-hybridized carbons (Fsp3) is 0.200. The first-order valence-electron chi connectivity index (χ1n) is 6.35. The van der Waals surface area contributed by atoms with Crippen molar-refractivity contribution in [3.05, 3.63) is 52.0 Å². The van der Waals surface area contributed by atoms with Gasteiger partial charge in [-0.3, -0.25) is 0 Å². The predicted molar refractivity (Wildman–Crippen MR) is 83.9 cm³/mol. The number of fused-ring (bicyclic) bond motifs is 1. The standard InChI is InChI=1S/C15H14Cl2N2O/c16-12-2-1-3-13(17)11(12)9-19-6-7-20-15-5-4-10(18)8-14(15)19/h1-5,8H,6-7,9,18H2. The van der Waals surface area contributed by atoms with Gasteiger partial charge >= 0.3 is 0 Å². The molecule has 3 rings (SSSR count). The molecule has 0 bridgehead atoms. The molecular formula is C15H14Cl2N2O. The van der Waals surface area contributed by atoms with Gasteiger partial charge in [0, 0.05) is 27.8 Å². The highest BCUT2D eigenvalue weighted by atomic mass is 35.5. The number of rotatable bonds is 2. The zero-order chi connectivity index (χ0) is 14.1. The van der Waals surface area contributed by atoms with Crippen LogP contribution in [0.3, 0.4) is 0 Å². The second-order valence-corrected chi connectivity index (χ2v) is 5.51. The summed E-state index contributed by atoms with van der Waals surface area (Å²) in [5.41, 5.74) is 8.48. The second kappa shape index (κ2) is 5.43. The van der Waals surface area contributed by atoms with E-state index in [0.717, 1.165) is 23.5 Å². The molecule has 1 aliphatic heterocycles. The van der Waals surface area contributed by atoms with Gasteiger partial charge in [0.25, 0.3) is 0 Å². The van der Waals surface area contributed by atoms with Crippen LogP contribution in [0.1, 0.15) is 5.56 Å². The molecule has 0 amide bonds. The van der Waals surface area contributed by atoms with Gasteiger partial charge in [0.2, 0.25) is 0 Å². The SMILES string of the molecule is Nc1ccc2c(c1)N(Cc1c(Cl)cccc1Cl)CCO2. The van der Waals surface area contributed by atoms with Gasteiger partial charge in [-0.25, -0.2) is 0 Å². The van der Waals surface area contributed by atoms with E-state index in [2.05, 4.69) is 4.90 Å². The second-order valence-electron chi connectivity index (χ2n) is 4.70. The number of nitrogen functional groups attached to an aromatic ring is 1. The van der Waals surface area contributed by atoms with Crippen molar-refractivity contribution in [3.8, 4) is 5.75 Å². The number of benzene rings is 2. The summed E-state index contributed by atoms with van der Waals surface area (Å²) in [5, 5.41) is 1.35. The first-order valence-corrected chi connectivity index (χ1v) is 7.11. The van der Waals surface area contributed by atoms with Crippen LogP contribution in [0, 0.1) is 0 Å². The van der Waals surface area contributed by atoms with Gasteiger partial charge in [-0.1, -0.05) is 29.3 Å². The maximum Gasteiger partial charge on any atom is 0.142 e. The third-order valence-corrected chi connectivity index (χ3v) is 4.06. The summed E-state index contributed by atoms with van der Waals surface area (Å²) in [4.78, 5) is 2.18. The molecule has 20 heavy (non-hydrogen) atoms. The summed E-state index contributed by atoms with van der Waals surface area (Å²) in [6.45, 7) is 2.05. The van der Waals surface area contributed by atoms with E-state index in [0.29, 0.717) is 28.9 Å². The summed E-state index contributed by atoms with van der Waals surface area (Å²) < 4.78 is 5.64. The Hall–Kier alpha value is -1.58. The lowest BCUT2D eigenvalue weighted by Crippen LogP contribution is -2.32. The minimum atomic E-state index is 0.637. The highest BCUT2D eigenvalue weighted by Crippen LogP contribution is 2.36. The fourth-order valence-electron chi connectivity index (χ4n) is 2.33. The van der Waals surface area contributed by atoms with Crippen molar-refractivity contribution in [3.63, 3.8) is 0 Å². The first kappa shape index (κ1) is 13.4. The topological polar surface area (TPSA) is 38.5 Å². The van der Waals surface area contributed by atoms with Crippen LogP contribution in [0.4, 0.5) is 11.4 Å².